The molecule has 0 spiro atoms. The second-order valence-corrected chi connectivity index (χ2v) is 4.21. The van der Waals surface area contributed by atoms with Crippen molar-refractivity contribution in [1.29, 1.82) is 0 Å². The molecule has 0 aliphatic carbocycles. The Morgan fingerprint density at radius 1 is 1.13 bits per heavy atom. The van der Waals surface area contributed by atoms with Gasteiger partial charge in [0.05, 0.1) is 6.10 Å². The Hall–Kier alpha value is -0.860. The Labute approximate surface area is 91.6 Å². The summed E-state index contributed by atoms with van der Waals surface area (Å²) >= 11 is 0. The first kappa shape index (κ1) is 12.2. The third-order valence-electron chi connectivity index (χ3n) is 2.67. The Morgan fingerprint density at radius 2 is 1.73 bits per heavy atom. The molecule has 0 heterocycles. The van der Waals surface area contributed by atoms with Crippen molar-refractivity contribution in [1.82, 2.24) is 0 Å². The van der Waals surface area contributed by atoms with Gasteiger partial charge in [0.1, 0.15) is 0 Å². The van der Waals surface area contributed by atoms with Gasteiger partial charge in [0.15, 0.2) is 0 Å². The van der Waals surface area contributed by atoms with Gasteiger partial charge in [-0.15, -0.1) is 0 Å². The zero-order valence-corrected chi connectivity index (χ0v) is 9.48. The molecule has 2 unspecified atom stereocenters. The normalized spacial score (nSPS) is 14.9. The number of aliphatic hydroxyl groups excluding tert-OH is 2. The number of rotatable bonds is 5. The summed E-state index contributed by atoms with van der Waals surface area (Å²) in [5.41, 5.74) is 2.41. The minimum Gasteiger partial charge on any atom is -0.396 e. The molecule has 0 aliphatic heterocycles. The van der Waals surface area contributed by atoms with Gasteiger partial charge in [-0.2, -0.15) is 0 Å². The van der Waals surface area contributed by atoms with Crippen molar-refractivity contribution in [2.45, 2.75) is 38.7 Å². The molecule has 2 nitrogen and oxygen atoms in total. The first-order chi connectivity index (χ1) is 7.13. The molecule has 2 heteroatoms. The second kappa shape index (κ2) is 5.89. The second-order valence-electron chi connectivity index (χ2n) is 4.21. The minimum absolute atomic E-state index is 0.188. The fourth-order valence-electron chi connectivity index (χ4n) is 1.49. The van der Waals surface area contributed by atoms with Crippen molar-refractivity contribution in [3.63, 3.8) is 0 Å². The van der Waals surface area contributed by atoms with E-state index in [-0.39, 0.29) is 18.6 Å². The summed E-state index contributed by atoms with van der Waals surface area (Å²) in [6.45, 7) is 4.00. The van der Waals surface area contributed by atoms with Gasteiger partial charge in [-0.3, -0.25) is 0 Å². The van der Waals surface area contributed by atoms with Crippen LogP contribution in [0.5, 0.6) is 0 Å². The number of hydrogen-bond acceptors (Lipinski definition) is 2. The largest absolute Gasteiger partial charge is 0.396 e. The highest BCUT2D eigenvalue weighted by Gasteiger charge is 2.03. The predicted molar refractivity (Wildman–Crippen MR) is 61.9 cm³/mol. The highest BCUT2D eigenvalue weighted by Crippen LogP contribution is 2.16. The standard InChI is InChI=1S/C13H20O2/c1-10(9-14)13-7-5-12(6-8-13)4-3-11(2)15/h5-8,10-11,14-15H,3-4,9H2,1-2H3. The molecule has 0 bridgehead atoms. The summed E-state index contributed by atoms with van der Waals surface area (Å²) in [7, 11) is 0. The average molecular weight is 208 g/mol. The molecule has 2 atom stereocenters. The first-order valence-corrected chi connectivity index (χ1v) is 5.51. The molecule has 0 radical (unpaired) electrons. The maximum Gasteiger partial charge on any atom is 0.0515 e. The average Bonchev–Trinajstić information content (AvgIpc) is 2.26. The molecule has 0 saturated carbocycles. The van der Waals surface area contributed by atoms with Crippen LogP contribution in [0.1, 0.15) is 37.3 Å². The van der Waals surface area contributed by atoms with Gasteiger partial charge >= 0.3 is 0 Å². The summed E-state index contributed by atoms with van der Waals surface area (Å²) in [4.78, 5) is 0. The topological polar surface area (TPSA) is 40.5 Å². The lowest BCUT2D eigenvalue weighted by Crippen LogP contribution is -2.02. The van der Waals surface area contributed by atoms with Crippen LogP contribution in [0.2, 0.25) is 0 Å². The Balaban J connectivity index is 2.56. The van der Waals surface area contributed by atoms with E-state index in [0.717, 1.165) is 12.8 Å². The summed E-state index contributed by atoms with van der Waals surface area (Å²) in [5.74, 6) is 0.204. The molecule has 0 fully saturated rings. The highest BCUT2D eigenvalue weighted by molar-refractivity contribution is 5.25. The van der Waals surface area contributed by atoms with Crippen LogP contribution in [0.4, 0.5) is 0 Å². The van der Waals surface area contributed by atoms with Gasteiger partial charge < -0.3 is 10.2 Å². The molecule has 84 valence electrons. The smallest absolute Gasteiger partial charge is 0.0515 e. The molecule has 1 aromatic carbocycles. The maximum atomic E-state index is 9.16. The van der Waals surface area contributed by atoms with Crippen molar-refractivity contribution in [3.8, 4) is 0 Å². The molecule has 0 aliphatic rings. The zero-order valence-electron chi connectivity index (χ0n) is 9.48. The lowest BCUT2D eigenvalue weighted by Gasteiger charge is -2.09. The van der Waals surface area contributed by atoms with Gasteiger partial charge in [-0.05, 0) is 30.9 Å². The Kier molecular flexibility index (Phi) is 4.79. The van der Waals surface area contributed by atoms with E-state index in [9.17, 15) is 0 Å². The van der Waals surface area contributed by atoms with E-state index in [2.05, 4.69) is 24.3 Å². The van der Waals surface area contributed by atoms with Gasteiger partial charge in [0, 0.05) is 12.5 Å². The van der Waals surface area contributed by atoms with E-state index in [1.807, 2.05) is 13.8 Å². The number of aryl methyl sites for hydroxylation is 1. The van der Waals surface area contributed by atoms with Gasteiger partial charge in [0.2, 0.25) is 0 Å². The Morgan fingerprint density at radius 3 is 2.20 bits per heavy atom. The minimum atomic E-state index is -0.235. The van der Waals surface area contributed by atoms with Crippen LogP contribution in [0.25, 0.3) is 0 Å². The fraction of sp³-hybridized carbons (Fsp3) is 0.538. The SMILES string of the molecule is CC(O)CCc1ccc(C(C)CO)cc1. The van der Waals surface area contributed by atoms with E-state index in [4.69, 9.17) is 10.2 Å². The van der Waals surface area contributed by atoms with Crippen LogP contribution >= 0.6 is 0 Å². The van der Waals surface area contributed by atoms with Crippen LogP contribution in [0.15, 0.2) is 24.3 Å². The monoisotopic (exact) mass is 208 g/mol. The van der Waals surface area contributed by atoms with Crippen molar-refractivity contribution >= 4 is 0 Å². The summed E-state index contributed by atoms with van der Waals surface area (Å²) in [6, 6.07) is 8.25. The molecular weight excluding hydrogens is 188 g/mol. The van der Waals surface area contributed by atoms with Gasteiger partial charge in [-0.25, -0.2) is 0 Å². The van der Waals surface area contributed by atoms with Crippen LogP contribution in [-0.2, 0) is 6.42 Å². The zero-order chi connectivity index (χ0) is 11.3. The van der Waals surface area contributed by atoms with Crippen LogP contribution < -0.4 is 0 Å². The van der Waals surface area contributed by atoms with Crippen molar-refractivity contribution in [3.05, 3.63) is 35.4 Å². The third kappa shape index (κ3) is 4.02. The quantitative estimate of drug-likeness (QED) is 0.778. The van der Waals surface area contributed by atoms with Crippen LogP contribution in [0.3, 0.4) is 0 Å². The molecule has 15 heavy (non-hydrogen) atoms. The Bertz CT molecular complexity index is 277. The van der Waals surface area contributed by atoms with Crippen molar-refractivity contribution in [2.24, 2.45) is 0 Å². The molecule has 1 aromatic rings. The van der Waals surface area contributed by atoms with E-state index in [0.29, 0.717) is 0 Å². The summed E-state index contributed by atoms with van der Waals surface area (Å²) in [5, 5.41) is 18.2. The number of benzene rings is 1. The summed E-state index contributed by atoms with van der Waals surface area (Å²) < 4.78 is 0. The first-order valence-electron chi connectivity index (χ1n) is 5.51. The van der Waals surface area contributed by atoms with Crippen molar-refractivity contribution in [2.75, 3.05) is 6.61 Å². The predicted octanol–water partition coefficient (Wildman–Crippen LogP) is 2.10. The molecule has 2 N–H and O–H groups in total. The van der Waals surface area contributed by atoms with E-state index < -0.39 is 0 Å². The lowest BCUT2D eigenvalue weighted by atomic mass is 9.99. The van der Waals surface area contributed by atoms with E-state index in [1.165, 1.54) is 11.1 Å². The molecule has 0 aromatic heterocycles. The number of aliphatic hydroxyl groups is 2. The maximum absolute atomic E-state index is 9.16. The van der Waals surface area contributed by atoms with Crippen LogP contribution in [-0.4, -0.2) is 22.9 Å². The third-order valence-corrected chi connectivity index (χ3v) is 2.67. The lowest BCUT2D eigenvalue weighted by molar-refractivity contribution is 0.185. The summed E-state index contributed by atoms with van der Waals surface area (Å²) in [6.07, 6.45) is 1.47. The fourth-order valence-corrected chi connectivity index (χ4v) is 1.49. The van der Waals surface area contributed by atoms with Crippen LogP contribution in [0, 0.1) is 0 Å². The molecule has 0 saturated heterocycles. The van der Waals surface area contributed by atoms with E-state index in [1.54, 1.807) is 0 Å². The number of hydrogen-bond donors (Lipinski definition) is 2. The molecule has 0 amide bonds. The van der Waals surface area contributed by atoms with Gasteiger partial charge in [-0.1, -0.05) is 31.2 Å². The van der Waals surface area contributed by atoms with Crippen molar-refractivity contribution < 1.29 is 10.2 Å². The molecular formula is C13H20O2. The van der Waals surface area contributed by atoms with Gasteiger partial charge in [0.25, 0.3) is 0 Å². The van der Waals surface area contributed by atoms with E-state index >= 15 is 0 Å². The molecule has 1 rings (SSSR count). The highest BCUT2D eigenvalue weighted by atomic mass is 16.3.